The van der Waals surface area contributed by atoms with Gasteiger partial charge in [-0.15, -0.1) is 0 Å². The first-order chi connectivity index (χ1) is 14.3. The standard InChI is InChI=1S/C21H25N3O5S/c1-4-12-29-19-11-10-18(13-20(19)28-2)14-22-23-21(25)16-24(30(3,26)27)15-17-8-6-5-7-9-17/h4-11,13-14H,1,12,15-16H2,2-3H3,(H,23,25)/b22-14-. The van der Waals surface area contributed by atoms with E-state index in [4.69, 9.17) is 9.47 Å². The number of nitrogens with one attached hydrogen (secondary N) is 1. The fourth-order valence-electron chi connectivity index (χ4n) is 2.48. The minimum absolute atomic E-state index is 0.0974. The molecule has 0 aliphatic carbocycles. The molecule has 0 fully saturated rings. The number of carbonyl (C=O) groups excluding carboxylic acids is 1. The molecular formula is C21H25N3O5S. The predicted octanol–water partition coefficient (Wildman–Crippen LogP) is 2.17. The SMILES string of the molecule is C=CCOc1ccc(/C=N\NC(=O)CN(Cc2ccccc2)S(C)(=O)=O)cc1OC. The summed E-state index contributed by atoms with van der Waals surface area (Å²) in [6.07, 6.45) is 4.12. The van der Waals surface area contributed by atoms with E-state index in [9.17, 15) is 13.2 Å². The van der Waals surface area contributed by atoms with Gasteiger partial charge in [0.25, 0.3) is 5.91 Å². The van der Waals surface area contributed by atoms with E-state index in [0.29, 0.717) is 23.7 Å². The molecule has 0 saturated carbocycles. The molecule has 9 heteroatoms. The van der Waals surface area contributed by atoms with Crippen LogP contribution in [-0.4, -0.2) is 51.4 Å². The molecule has 0 radical (unpaired) electrons. The van der Waals surface area contributed by atoms with Crippen molar-refractivity contribution in [2.24, 2.45) is 5.10 Å². The van der Waals surface area contributed by atoms with Gasteiger partial charge in [0.05, 0.1) is 26.1 Å². The van der Waals surface area contributed by atoms with Gasteiger partial charge in [-0.25, -0.2) is 13.8 Å². The Labute approximate surface area is 176 Å². The molecular weight excluding hydrogens is 406 g/mol. The van der Waals surface area contributed by atoms with Crippen molar-refractivity contribution in [3.63, 3.8) is 0 Å². The average molecular weight is 432 g/mol. The maximum atomic E-state index is 12.2. The van der Waals surface area contributed by atoms with Crippen LogP contribution in [0.25, 0.3) is 0 Å². The van der Waals surface area contributed by atoms with Crippen LogP contribution >= 0.6 is 0 Å². The Morgan fingerprint density at radius 2 is 1.93 bits per heavy atom. The highest BCUT2D eigenvalue weighted by Crippen LogP contribution is 2.27. The lowest BCUT2D eigenvalue weighted by Crippen LogP contribution is -2.38. The Kier molecular flexibility index (Phi) is 8.57. The van der Waals surface area contributed by atoms with Gasteiger partial charge in [-0.1, -0.05) is 43.0 Å². The van der Waals surface area contributed by atoms with Gasteiger partial charge in [-0.05, 0) is 29.3 Å². The molecule has 0 heterocycles. The predicted molar refractivity (Wildman–Crippen MR) is 116 cm³/mol. The maximum Gasteiger partial charge on any atom is 0.255 e. The number of methoxy groups -OCH3 is 1. The van der Waals surface area contributed by atoms with Crippen LogP contribution in [0.5, 0.6) is 11.5 Å². The van der Waals surface area contributed by atoms with E-state index in [1.807, 2.05) is 18.2 Å². The number of benzene rings is 2. The van der Waals surface area contributed by atoms with Crippen LogP contribution in [0.15, 0.2) is 66.3 Å². The topological polar surface area (TPSA) is 97.3 Å². The van der Waals surface area contributed by atoms with Crippen molar-refractivity contribution >= 4 is 22.1 Å². The summed E-state index contributed by atoms with van der Waals surface area (Å²) in [5.74, 6) is 0.520. The first-order valence-electron chi connectivity index (χ1n) is 9.06. The van der Waals surface area contributed by atoms with E-state index in [1.54, 1.807) is 36.4 Å². The number of hydrogen-bond acceptors (Lipinski definition) is 6. The van der Waals surface area contributed by atoms with Crippen LogP contribution in [0, 0.1) is 0 Å². The lowest BCUT2D eigenvalue weighted by molar-refractivity contribution is -0.121. The first-order valence-corrected chi connectivity index (χ1v) is 10.9. The molecule has 2 aromatic carbocycles. The van der Waals surface area contributed by atoms with E-state index < -0.39 is 15.9 Å². The molecule has 1 N–H and O–H groups in total. The second-order valence-electron chi connectivity index (χ2n) is 6.32. The molecule has 0 aliphatic rings. The van der Waals surface area contributed by atoms with Gasteiger partial charge >= 0.3 is 0 Å². The Bertz CT molecular complexity index is 991. The van der Waals surface area contributed by atoms with Gasteiger partial charge < -0.3 is 9.47 Å². The molecule has 0 bridgehead atoms. The number of nitrogens with zero attached hydrogens (tertiary/aromatic N) is 2. The number of carbonyl (C=O) groups is 1. The Morgan fingerprint density at radius 1 is 1.20 bits per heavy atom. The van der Waals surface area contributed by atoms with Crippen molar-refractivity contribution in [1.29, 1.82) is 0 Å². The monoisotopic (exact) mass is 431 g/mol. The third kappa shape index (κ3) is 7.34. The van der Waals surface area contributed by atoms with Gasteiger partial charge in [-0.3, -0.25) is 4.79 Å². The van der Waals surface area contributed by atoms with Gasteiger partial charge in [0.2, 0.25) is 10.0 Å². The second-order valence-corrected chi connectivity index (χ2v) is 8.30. The summed E-state index contributed by atoms with van der Waals surface area (Å²) in [5.41, 5.74) is 3.80. The lowest BCUT2D eigenvalue weighted by atomic mass is 10.2. The number of hydrazone groups is 1. The molecule has 0 unspecified atom stereocenters. The molecule has 2 rings (SSSR count). The van der Waals surface area contributed by atoms with E-state index in [-0.39, 0.29) is 13.1 Å². The van der Waals surface area contributed by atoms with Crippen molar-refractivity contribution in [2.75, 3.05) is 26.5 Å². The summed E-state index contributed by atoms with van der Waals surface area (Å²) in [4.78, 5) is 12.2. The fraction of sp³-hybridized carbons (Fsp3) is 0.238. The van der Waals surface area contributed by atoms with E-state index in [1.165, 1.54) is 13.3 Å². The van der Waals surface area contributed by atoms with Crippen LogP contribution in [0.1, 0.15) is 11.1 Å². The van der Waals surface area contributed by atoms with Crippen LogP contribution in [-0.2, 0) is 21.4 Å². The quantitative estimate of drug-likeness (QED) is 0.334. The van der Waals surface area contributed by atoms with Crippen LogP contribution in [0.3, 0.4) is 0 Å². The van der Waals surface area contributed by atoms with Crippen LogP contribution in [0.2, 0.25) is 0 Å². The maximum absolute atomic E-state index is 12.2. The van der Waals surface area contributed by atoms with Crippen molar-refractivity contribution < 1.29 is 22.7 Å². The number of amides is 1. The number of sulfonamides is 1. The smallest absolute Gasteiger partial charge is 0.255 e. The number of ether oxygens (including phenoxy) is 2. The van der Waals surface area contributed by atoms with Crippen molar-refractivity contribution in [3.8, 4) is 11.5 Å². The zero-order valence-corrected chi connectivity index (χ0v) is 17.8. The van der Waals surface area contributed by atoms with Crippen LogP contribution < -0.4 is 14.9 Å². The van der Waals surface area contributed by atoms with E-state index in [2.05, 4.69) is 17.1 Å². The molecule has 8 nitrogen and oxygen atoms in total. The van der Waals surface area contributed by atoms with Gasteiger partial charge in [0.1, 0.15) is 6.61 Å². The molecule has 0 saturated heterocycles. The molecule has 1 amide bonds. The first kappa shape index (κ1) is 23.1. The third-order valence-electron chi connectivity index (χ3n) is 3.94. The molecule has 30 heavy (non-hydrogen) atoms. The van der Waals surface area contributed by atoms with Gasteiger partial charge in [0.15, 0.2) is 11.5 Å². The Morgan fingerprint density at radius 3 is 2.57 bits per heavy atom. The summed E-state index contributed by atoms with van der Waals surface area (Å²) in [7, 11) is -2.05. The van der Waals surface area contributed by atoms with Crippen molar-refractivity contribution in [2.45, 2.75) is 6.54 Å². The zero-order chi connectivity index (χ0) is 22.0. The van der Waals surface area contributed by atoms with Gasteiger partial charge in [0, 0.05) is 6.54 Å². The molecule has 2 aromatic rings. The summed E-state index contributed by atoms with van der Waals surface area (Å²) in [6, 6.07) is 14.2. The summed E-state index contributed by atoms with van der Waals surface area (Å²) in [5, 5.41) is 3.89. The molecule has 0 aliphatic heterocycles. The van der Waals surface area contributed by atoms with Gasteiger partial charge in [-0.2, -0.15) is 9.41 Å². The van der Waals surface area contributed by atoms with Crippen molar-refractivity contribution in [1.82, 2.24) is 9.73 Å². The fourth-order valence-corrected chi connectivity index (χ4v) is 3.22. The molecule has 0 atom stereocenters. The van der Waals surface area contributed by atoms with Crippen molar-refractivity contribution in [3.05, 3.63) is 72.3 Å². The second kappa shape index (κ2) is 11.1. The van der Waals surface area contributed by atoms with Crippen LogP contribution in [0.4, 0.5) is 0 Å². The molecule has 160 valence electrons. The highest BCUT2D eigenvalue weighted by Gasteiger charge is 2.20. The Balaban J connectivity index is 1.99. The number of rotatable bonds is 11. The Hall–Kier alpha value is -3.17. The molecule has 0 aromatic heterocycles. The third-order valence-corrected chi connectivity index (χ3v) is 5.13. The highest BCUT2D eigenvalue weighted by atomic mass is 32.2. The largest absolute Gasteiger partial charge is 0.493 e. The minimum Gasteiger partial charge on any atom is -0.493 e. The highest BCUT2D eigenvalue weighted by molar-refractivity contribution is 7.88. The van der Waals surface area contributed by atoms with E-state index >= 15 is 0 Å². The average Bonchev–Trinajstić information content (AvgIpc) is 2.72. The normalized spacial score (nSPS) is 11.4. The zero-order valence-electron chi connectivity index (χ0n) is 16.9. The lowest BCUT2D eigenvalue weighted by Gasteiger charge is -2.18. The minimum atomic E-state index is -3.57. The summed E-state index contributed by atoms with van der Waals surface area (Å²) in [6.45, 7) is 3.70. The number of hydrogen-bond donors (Lipinski definition) is 1. The van der Waals surface area contributed by atoms with E-state index in [0.717, 1.165) is 16.1 Å². The molecule has 0 spiro atoms. The summed E-state index contributed by atoms with van der Waals surface area (Å²) < 4.78 is 35.9. The summed E-state index contributed by atoms with van der Waals surface area (Å²) >= 11 is 0.